The zero-order valence-corrected chi connectivity index (χ0v) is 19.6. The monoisotopic (exact) mass is 489 g/mol. The third-order valence-corrected chi connectivity index (χ3v) is 5.41. The Morgan fingerprint density at radius 2 is 2.03 bits per heavy atom. The van der Waals surface area contributed by atoms with Crippen molar-refractivity contribution in [3.63, 3.8) is 0 Å². The summed E-state index contributed by atoms with van der Waals surface area (Å²) < 4.78 is 12.7. The molecule has 3 heterocycles. The predicted octanol–water partition coefficient (Wildman–Crippen LogP) is 4.73. The van der Waals surface area contributed by atoms with Gasteiger partial charge in [0.15, 0.2) is 0 Å². The van der Waals surface area contributed by atoms with E-state index >= 15 is 0 Å². The number of carbonyl (C=O) groups is 1. The van der Waals surface area contributed by atoms with Crippen molar-refractivity contribution in [2.45, 2.75) is 39.5 Å². The maximum absolute atomic E-state index is 11.0. The number of fused-ring (bicyclic) bond motifs is 1. The molecule has 0 bridgehead atoms. The first-order valence-electron chi connectivity index (χ1n) is 10.1. The second kappa shape index (κ2) is 9.38. The van der Waals surface area contributed by atoms with Gasteiger partial charge < -0.3 is 19.7 Å². The number of halogens is 2. The van der Waals surface area contributed by atoms with Crippen LogP contribution in [-0.2, 0) is 11.3 Å². The summed E-state index contributed by atoms with van der Waals surface area (Å²) in [5.41, 5.74) is 2.23. The lowest BCUT2D eigenvalue weighted by molar-refractivity contribution is -0.139. The molecule has 2 N–H and O–H groups in total. The molecular formula is C22H21Cl2N5O4. The SMILES string of the molecule is CC(C)Oc1ncc(-c2nc(-n3cc(Cl)c4cc(CNC(C)C(=O)O)ccc43)no2)cc1Cl. The van der Waals surface area contributed by atoms with Crippen LogP contribution in [0, 0.1) is 0 Å². The Morgan fingerprint density at radius 3 is 2.73 bits per heavy atom. The summed E-state index contributed by atoms with van der Waals surface area (Å²) in [4.78, 5) is 19.7. The molecule has 0 radical (unpaired) electrons. The Morgan fingerprint density at radius 1 is 1.24 bits per heavy atom. The van der Waals surface area contributed by atoms with Crippen LogP contribution >= 0.6 is 23.2 Å². The number of ether oxygens (including phenoxy) is 1. The minimum atomic E-state index is -0.910. The van der Waals surface area contributed by atoms with Crippen molar-refractivity contribution >= 4 is 40.1 Å². The summed E-state index contributed by atoms with van der Waals surface area (Å²) in [6.45, 7) is 5.75. The van der Waals surface area contributed by atoms with Crippen LogP contribution in [0.4, 0.5) is 0 Å². The molecule has 1 atom stereocenters. The van der Waals surface area contributed by atoms with Crippen molar-refractivity contribution in [2.24, 2.45) is 0 Å². The summed E-state index contributed by atoms with van der Waals surface area (Å²) in [6.07, 6.45) is 3.20. The number of aromatic nitrogens is 4. The number of pyridine rings is 1. The first-order valence-corrected chi connectivity index (χ1v) is 10.9. The number of rotatable bonds is 8. The molecule has 0 fully saturated rings. The second-order valence-corrected chi connectivity index (χ2v) is 8.53. The van der Waals surface area contributed by atoms with Crippen molar-refractivity contribution in [3.8, 4) is 23.3 Å². The fraction of sp³-hybridized carbons (Fsp3) is 0.273. The lowest BCUT2D eigenvalue weighted by atomic mass is 10.1. The summed E-state index contributed by atoms with van der Waals surface area (Å²) in [6, 6.07) is 6.65. The van der Waals surface area contributed by atoms with Crippen molar-refractivity contribution in [2.75, 3.05) is 0 Å². The van der Waals surface area contributed by atoms with Crippen LogP contribution in [0.15, 0.2) is 41.2 Å². The van der Waals surface area contributed by atoms with Crippen LogP contribution in [0.1, 0.15) is 26.3 Å². The van der Waals surface area contributed by atoms with Crippen LogP contribution in [-0.4, -0.2) is 42.9 Å². The molecule has 9 nitrogen and oxygen atoms in total. The average Bonchev–Trinajstić information content (AvgIpc) is 3.38. The van der Waals surface area contributed by atoms with Gasteiger partial charge in [0.2, 0.25) is 5.88 Å². The average molecular weight is 490 g/mol. The van der Waals surface area contributed by atoms with Gasteiger partial charge in [-0.2, -0.15) is 4.98 Å². The summed E-state index contributed by atoms with van der Waals surface area (Å²) >= 11 is 12.7. The van der Waals surface area contributed by atoms with Crippen LogP contribution in [0.3, 0.4) is 0 Å². The van der Waals surface area contributed by atoms with E-state index in [0.717, 1.165) is 16.5 Å². The number of nitrogens with zero attached hydrogens (tertiary/aromatic N) is 4. The van der Waals surface area contributed by atoms with E-state index in [4.69, 9.17) is 37.6 Å². The highest BCUT2D eigenvalue weighted by Crippen LogP contribution is 2.31. The normalized spacial score (nSPS) is 12.4. The molecule has 0 saturated heterocycles. The quantitative estimate of drug-likeness (QED) is 0.364. The van der Waals surface area contributed by atoms with Crippen molar-refractivity contribution < 1.29 is 19.2 Å². The molecular weight excluding hydrogens is 469 g/mol. The van der Waals surface area contributed by atoms with Crippen LogP contribution in [0.2, 0.25) is 10.0 Å². The van der Waals surface area contributed by atoms with E-state index in [-0.39, 0.29) is 12.0 Å². The van der Waals surface area contributed by atoms with Gasteiger partial charge in [0, 0.05) is 24.3 Å². The number of aliphatic carboxylic acids is 1. The zero-order chi connectivity index (χ0) is 23.7. The van der Waals surface area contributed by atoms with Crippen LogP contribution < -0.4 is 10.1 Å². The van der Waals surface area contributed by atoms with E-state index in [0.29, 0.717) is 34.0 Å². The van der Waals surface area contributed by atoms with Gasteiger partial charge in [-0.15, -0.1) is 0 Å². The summed E-state index contributed by atoms with van der Waals surface area (Å²) in [7, 11) is 0. The van der Waals surface area contributed by atoms with Crippen LogP contribution in [0.25, 0.3) is 28.3 Å². The number of hydrogen-bond donors (Lipinski definition) is 2. The molecule has 4 aromatic rings. The molecule has 3 aromatic heterocycles. The minimum Gasteiger partial charge on any atom is -0.480 e. The molecule has 11 heteroatoms. The molecule has 0 saturated carbocycles. The van der Waals surface area contributed by atoms with E-state index in [1.807, 2.05) is 32.0 Å². The van der Waals surface area contributed by atoms with Gasteiger partial charge in [0.05, 0.1) is 22.2 Å². The van der Waals surface area contributed by atoms with Crippen molar-refractivity contribution in [3.05, 3.63) is 52.3 Å². The molecule has 0 spiro atoms. The maximum atomic E-state index is 11.0. The highest BCUT2D eigenvalue weighted by atomic mass is 35.5. The topological polar surface area (TPSA) is 115 Å². The molecule has 33 heavy (non-hydrogen) atoms. The largest absolute Gasteiger partial charge is 0.480 e. The number of carboxylic acids is 1. The van der Waals surface area contributed by atoms with Gasteiger partial charge in [-0.25, -0.2) is 4.98 Å². The van der Waals surface area contributed by atoms with Gasteiger partial charge in [0.25, 0.3) is 11.8 Å². The number of nitrogens with one attached hydrogen (secondary N) is 1. The number of carboxylic acid groups (broad SMARTS) is 1. The van der Waals surface area contributed by atoms with E-state index in [2.05, 4.69) is 20.4 Å². The zero-order valence-electron chi connectivity index (χ0n) is 18.0. The fourth-order valence-corrected chi connectivity index (χ4v) is 3.61. The first kappa shape index (κ1) is 23.0. The summed E-state index contributed by atoms with van der Waals surface area (Å²) in [5, 5.41) is 17.7. The van der Waals surface area contributed by atoms with Gasteiger partial charge in [-0.05, 0) is 49.7 Å². The Balaban J connectivity index is 1.60. The molecule has 0 aliphatic carbocycles. The molecule has 0 aliphatic rings. The Kier molecular flexibility index (Phi) is 6.55. The van der Waals surface area contributed by atoms with Crippen molar-refractivity contribution in [1.82, 2.24) is 25.0 Å². The Labute approximate surface area is 199 Å². The number of hydrogen-bond acceptors (Lipinski definition) is 7. The van der Waals surface area contributed by atoms with E-state index < -0.39 is 12.0 Å². The second-order valence-electron chi connectivity index (χ2n) is 7.72. The van der Waals surface area contributed by atoms with Crippen LogP contribution in [0.5, 0.6) is 5.88 Å². The number of benzene rings is 1. The van der Waals surface area contributed by atoms with Crippen molar-refractivity contribution in [1.29, 1.82) is 0 Å². The molecule has 1 aromatic carbocycles. The maximum Gasteiger partial charge on any atom is 0.320 e. The fourth-order valence-electron chi connectivity index (χ4n) is 3.15. The summed E-state index contributed by atoms with van der Waals surface area (Å²) in [5.74, 6) is -0.0315. The molecule has 0 amide bonds. The third-order valence-electron chi connectivity index (χ3n) is 4.84. The van der Waals surface area contributed by atoms with Gasteiger partial charge in [-0.3, -0.25) is 9.36 Å². The van der Waals surface area contributed by atoms with E-state index in [1.165, 1.54) is 0 Å². The van der Waals surface area contributed by atoms with Gasteiger partial charge >= 0.3 is 5.97 Å². The third kappa shape index (κ3) is 4.95. The van der Waals surface area contributed by atoms with Gasteiger partial charge in [-0.1, -0.05) is 29.3 Å². The first-order chi connectivity index (χ1) is 15.7. The van der Waals surface area contributed by atoms with Gasteiger partial charge in [0.1, 0.15) is 11.1 Å². The minimum absolute atomic E-state index is 0.0560. The lowest BCUT2D eigenvalue weighted by Crippen LogP contribution is -2.33. The standard InChI is InChI=1S/C22H21Cl2N5O4/c1-11(2)32-20-16(23)7-14(9-26-20)19-27-22(28-33-19)29-10-17(24)15-6-13(4-5-18(15)29)8-25-12(3)21(30)31/h4-7,9-12,25H,8H2,1-3H3,(H,30,31). The molecule has 0 aliphatic heterocycles. The van der Waals surface area contributed by atoms with E-state index in [1.54, 1.807) is 30.0 Å². The lowest BCUT2D eigenvalue weighted by Gasteiger charge is -2.09. The molecule has 172 valence electrons. The smallest absolute Gasteiger partial charge is 0.320 e. The predicted molar refractivity (Wildman–Crippen MR) is 124 cm³/mol. The highest BCUT2D eigenvalue weighted by Gasteiger charge is 2.17. The van der Waals surface area contributed by atoms with E-state index in [9.17, 15) is 4.79 Å². The Bertz CT molecular complexity index is 1320. The highest BCUT2D eigenvalue weighted by molar-refractivity contribution is 6.35. The molecule has 4 rings (SSSR count). The Hall–Kier alpha value is -3.14. The molecule has 1 unspecified atom stereocenters.